The molecule has 0 aliphatic carbocycles. The average molecular weight is 373 g/mol. The maximum absolute atomic E-state index is 12.4. The van der Waals surface area contributed by atoms with E-state index in [0.717, 1.165) is 0 Å². The molecule has 1 unspecified atom stereocenters. The van der Waals surface area contributed by atoms with Crippen molar-refractivity contribution in [2.45, 2.75) is 6.04 Å². The first-order valence-corrected chi connectivity index (χ1v) is 7.51. The number of nitro benzene ring substituents is 1. The van der Waals surface area contributed by atoms with Crippen molar-refractivity contribution < 1.29 is 19.2 Å². The number of methoxy groups -OCH3 is 1. The smallest absolute Gasteiger partial charge is 0.269 e. The molecule has 0 aromatic heterocycles. The summed E-state index contributed by atoms with van der Waals surface area (Å²) in [6.45, 7) is 1.73. The molecule has 0 radical (unpaired) electrons. The fourth-order valence-corrected chi connectivity index (χ4v) is 2.52. The molecule has 1 saturated heterocycles. The van der Waals surface area contributed by atoms with E-state index < -0.39 is 11.0 Å². The molecule has 0 bridgehead atoms. The van der Waals surface area contributed by atoms with Crippen LogP contribution in [0, 0.1) is 10.1 Å². The van der Waals surface area contributed by atoms with Gasteiger partial charge in [0.15, 0.2) is 0 Å². The monoisotopic (exact) mass is 372 g/mol. The Balaban J connectivity index is 0.00000312. The summed E-state index contributed by atoms with van der Waals surface area (Å²) in [6.07, 6.45) is 0. The molecular formula is C15H21ClN4O5. The van der Waals surface area contributed by atoms with Gasteiger partial charge >= 0.3 is 0 Å². The Bertz CT molecular complexity index is 617. The second-order valence-corrected chi connectivity index (χ2v) is 5.48. The number of hydrogen-bond donors (Lipinski definition) is 1. The summed E-state index contributed by atoms with van der Waals surface area (Å²) in [5.41, 5.74) is 6.06. The van der Waals surface area contributed by atoms with Crippen LogP contribution in [0.1, 0.15) is 10.4 Å². The van der Waals surface area contributed by atoms with E-state index in [2.05, 4.69) is 0 Å². The normalized spacial score (nSPS) is 15.3. The Labute approximate surface area is 151 Å². The molecule has 9 nitrogen and oxygen atoms in total. The van der Waals surface area contributed by atoms with Gasteiger partial charge in [-0.25, -0.2) is 0 Å². The van der Waals surface area contributed by atoms with Crippen molar-refractivity contribution in [2.75, 3.05) is 39.9 Å². The molecule has 1 aliphatic rings. The molecule has 1 aromatic rings. The zero-order chi connectivity index (χ0) is 17.7. The van der Waals surface area contributed by atoms with Crippen LogP contribution < -0.4 is 5.73 Å². The number of piperazine rings is 1. The molecule has 2 rings (SSSR count). The number of nitro groups is 1. The van der Waals surface area contributed by atoms with Gasteiger partial charge in [-0.15, -0.1) is 12.4 Å². The largest absolute Gasteiger partial charge is 0.383 e. The highest BCUT2D eigenvalue weighted by molar-refractivity contribution is 5.94. The topological polar surface area (TPSA) is 119 Å². The van der Waals surface area contributed by atoms with Crippen LogP contribution in [0.4, 0.5) is 5.69 Å². The molecule has 0 saturated carbocycles. The number of nitrogens with two attached hydrogens (primary N) is 1. The number of rotatable bonds is 5. The third kappa shape index (κ3) is 5.12. The molecule has 1 aliphatic heterocycles. The van der Waals surface area contributed by atoms with Crippen molar-refractivity contribution in [2.24, 2.45) is 5.73 Å². The molecule has 138 valence electrons. The second kappa shape index (κ2) is 9.30. The van der Waals surface area contributed by atoms with Crippen molar-refractivity contribution in [1.29, 1.82) is 0 Å². The van der Waals surface area contributed by atoms with Gasteiger partial charge in [0.1, 0.15) is 6.04 Å². The third-order valence-corrected chi connectivity index (χ3v) is 3.87. The van der Waals surface area contributed by atoms with Gasteiger partial charge in [-0.3, -0.25) is 19.7 Å². The molecule has 1 aromatic carbocycles. The molecule has 1 atom stereocenters. The van der Waals surface area contributed by atoms with Gasteiger partial charge < -0.3 is 20.3 Å². The van der Waals surface area contributed by atoms with Crippen molar-refractivity contribution in [1.82, 2.24) is 9.80 Å². The van der Waals surface area contributed by atoms with Gasteiger partial charge in [0.25, 0.3) is 11.6 Å². The fraction of sp³-hybridized carbons (Fsp3) is 0.467. The average Bonchev–Trinajstić information content (AvgIpc) is 2.61. The molecular weight excluding hydrogens is 352 g/mol. The van der Waals surface area contributed by atoms with Gasteiger partial charge in [-0.05, 0) is 12.1 Å². The van der Waals surface area contributed by atoms with Gasteiger partial charge in [0.2, 0.25) is 5.91 Å². The Morgan fingerprint density at radius 1 is 1.20 bits per heavy atom. The summed E-state index contributed by atoms with van der Waals surface area (Å²) in [5, 5.41) is 10.6. The van der Waals surface area contributed by atoms with E-state index in [9.17, 15) is 19.7 Å². The summed E-state index contributed by atoms with van der Waals surface area (Å²) in [4.78, 5) is 37.9. The van der Waals surface area contributed by atoms with Crippen molar-refractivity contribution in [3.05, 3.63) is 39.9 Å². The lowest BCUT2D eigenvalue weighted by molar-refractivity contribution is -0.384. The molecule has 1 fully saturated rings. The third-order valence-electron chi connectivity index (χ3n) is 3.87. The van der Waals surface area contributed by atoms with Crippen LogP contribution in [0.3, 0.4) is 0 Å². The van der Waals surface area contributed by atoms with E-state index in [1.165, 1.54) is 31.4 Å². The minimum Gasteiger partial charge on any atom is -0.383 e. The summed E-state index contributed by atoms with van der Waals surface area (Å²) >= 11 is 0. The van der Waals surface area contributed by atoms with Crippen LogP contribution in [0.2, 0.25) is 0 Å². The van der Waals surface area contributed by atoms with Gasteiger partial charge in [0, 0.05) is 51.0 Å². The number of carbonyl (C=O) groups excluding carboxylic acids is 2. The number of ether oxygens (including phenoxy) is 1. The minimum atomic E-state index is -0.702. The molecule has 0 spiro atoms. The SMILES string of the molecule is COCC(N)C(=O)N1CCN(C(=O)c2ccc([N+](=O)[O-])cc2)CC1.Cl. The van der Waals surface area contributed by atoms with E-state index in [1.807, 2.05) is 0 Å². The fourth-order valence-electron chi connectivity index (χ4n) is 2.52. The van der Waals surface area contributed by atoms with Gasteiger partial charge in [-0.1, -0.05) is 0 Å². The van der Waals surface area contributed by atoms with Crippen LogP contribution in [0.15, 0.2) is 24.3 Å². The first-order chi connectivity index (χ1) is 11.4. The maximum atomic E-state index is 12.4. The molecule has 25 heavy (non-hydrogen) atoms. The van der Waals surface area contributed by atoms with E-state index in [4.69, 9.17) is 10.5 Å². The molecule has 2 N–H and O–H groups in total. The lowest BCUT2D eigenvalue weighted by Gasteiger charge is -2.35. The number of carbonyl (C=O) groups is 2. The van der Waals surface area contributed by atoms with E-state index in [1.54, 1.807) is 9.80 Å². The Morgan fingerprint density at radius 3 is 2.20 bits per heavy atom. The lowest BCUT2D eigenvalue weighted by Crippen LogP contribution is -2.55. The van der Waals surface area contributed by atoms with E-state index in [-0.39, 0.29) is 36.5 Å². The van der Waals surface area contributed by atoms with Crippen LogP contribution in [0.25, 0.3) is 0 Å². The standard InChI is InChI=1S/C15H20N4O5.ClH/c1-24-10-13(16)15(21)18-8-6-17(7-9-18)14(20)11-2-4-12(5-3-11)19(22)23;/h2-5,13H,6-10,16H2,1H3;1H. The Morgan fingerprint density at radius 2 is 1.72 bits per heavy atom. The second-order valence-electron chi connectivity index (χ2n) is 5.48. The predicted octanol–water partition coefficient (Wildman–Crippen LogP) is 0.275. The highest BCUT2D eigenvalue weighted by Gasteiger charge is 2.27. The first kappa shape index (κ1) is 20.8. The molecule has 1 heterocycles. The summed E-state index contributed by atoms with van der Waals surface area (Å²) < 4.78 is 4.87. The zero-order valence-electron chi connectivity index (χ0n) is 13.8. The summed E-state index contributed by atoms with van der Waals surface area (Å²) in [7, 11) is 1.48. The maximum Gasteiger partial charge on any atom is 0.269 e. The molecule has 10 heteroatoms. The number of benzene rings is 1. The van der Waals surface area contributed by atoms with Crippen LogP contribution in [0.5, 0.6) is 0 Å². The van der Waals surface area contributed by atoms with Crippen LogP contribution in [-0.2, 0) is 9.53 Å². The quantitative estimate of drug-likeness (QED) is 0.585. The molecule has 2 amide bonds. The number of amides is 2. The van der Waals surface area contributed by atoms with Crippen molar-refractivity contribution in [3.63, 3.8) is 0 Å². The van der Waals surface area contributed by atoms with Gasteiger partial charge in [0.05, 0.1) is 11.5 Å². The first-order valence-electron chi connectivity index (χ1n) is 7.51. The summed E-state index contributed by atoms with van der Waals surface area (Å²) in [6, 6.07) is 4.78. The highest BCUT2D eigenvalue weighted by Crippen LogP contribution is 2.15. The Hall–Kier alpha value is -2.23. The van der Waals surface area contributed by atoms with Crippen molar-refractivity contribution >= 4 is 29.9 Å². The number of hydrogen-bond acceptors (Lipinski definition) is 6. The number of nitrogens with zero attached hydrogens (tertiary/aromatic N) is 3. The highest BCUT2D eigenvalue weighted by atomic mass is 35.5. The number of non-ortho nitro benzene ring substituents is 1. The van der Waals surface area contributed by atoms with Gasteiger partial charge in [-0.2, -0.15) is 0 Å². The minimum absolute atomic E-state index is 0. The van der Waals surface area contributed by atoms with E-state index in [0.29, 0.717) is 31.7 Å². The zero-order valence-corrected chi connectivity index (χ0v) is 14.6. The van der Waals surface area contributed by atoms with E-state index >= 15 is 0 Å². The van der Waals surface area contributed by atoms with Crippen LogP contribution in [-0.4, -0.2) is 72.5 Å². The Kier molecular flexibility index (Phi) is 7.75. The summed E-state index contributed by atoms with van der Waals surface area (Å²) in [5.74, 6) is -0.405. The van der Waals surface area contributed by atoms with Crippen molar-refractivity contribution in [3.8, 4) is 0 Å². The predicted molar refractivity (Wildman–Crippen MR) is 92.7 cm³/mol. The number of halogens is 1. The lowest BCUT2D eigenvalue weighted by atomic mass is 10.1. The van der Waals surface area contributed by atoms with Crippen LogP contribution >= 0.6 is 12.4 Å².